The smallest absolute Gasteiger partial charge is 0.0401 e. The number of hydrogen-bond donors (Lipinski definition) is 0. The molecule has 0 bridgehead atoms. The molecule has 2 aromatic heterocycles. The molecule has 2 heterocycles. The Balaban J connectivity index is 1.26. The molecular formula is C30H18I2N2S. The summed E-state index contributed by atoms with van der Waals surface area (Å²) in [6.45, 7) is 0. The first-order chi connectivity index (χ1) is 17.1. The number of pyridine rings is 2. The van der Waals surface area contributed by atoms with Crippen LogP contribution in [0.1, 0.15) is 0 Å². The average molecular weight is 692 g/mol. The van der Waals surface area contributed by atoms with E-state index in [0.29, 0.717) is 0 Å². The van der Waals surface area contributed by atoms with Crippen molar-refractivity contribution in [1.29, 1.82) is 0 Å². The maximum atomic E-state index is 4.33. The van der Waals surface area contributed by atoms with Gasteiger partial charge in [-0.1, -0.05) is 48.2 Å². The van der Waals surface area contributed by atoms with Gasteiger partial charge in [-0.25, -0.2) is 0 Å². The molecule has 0 aliphatic carbocycles. The fourth-order valence-corrected chi connectivity index (χ4v) is 6.12. The predicted octanol–water partition coefficient (Wildman–Crippen LogP) is 9.48. The Kier molecular flexibility index (Phi) is 6.47. The fraction of sp³-hybridized carbons (Fsp3) is 0. The highest BCUT2D eigenvalue weighted by atomic mass is 127. The third-order valence-corrected chi connectivity index (χ3v) is 8.09. The van der Waals surface area contributed by atoms with Gasteiger partial charge in [0.2, 0.25) is 0 Å². The molecule has 0 spiro atoms. The molecule has 35 heavy (non-hydrogen) atoms. The normalized spacial score (nSPS) is 11.3. The zero-order valence-corrected chi connectivity index (χ0v) is 23.6. The van der Waals surface area contributed by atoms with Gasteiger partial charge in [-0.2, -0.15) is 0 Å². The van der Waals surface area contributed by atoms with Crippen LogP contribution in [0.5, 0.6) is 0 Å². The summed E-state index contributed by atoms with van der Waals surface area (Å²) in [5, 5.41) is 4.96. The summed E-state index contributed by atoms with van der Waals surface area (Å²) >= 11 is 6.41. The number of halogens is 2. The number of nitrogens with zero attached hydrogens (tertiary/aromatic N) is 2. The van der Waals surface area contributed by atoms with Gasteiger partial charge in [0.1, 0.15) is 0 Å². The Morgan fingerprint density at radius 3 is 1.31 bits per heavy atom. The molecule has 0 aliphatic heterocycles. The Morgan fingerprint density at radius 2 is 0.857 bits per heavy atom. The van der Waals surface area contributed by atoms with Crippen molar-refractivity contribution >= 4 is 78.5 Å². The summed E-state index contributed by atoms with van der Waals surface area (Å²) in [5.41, 5.74) is 4.68. The summed E-state index contributed by atoms with van der Waals surface area (Å²) in [6.07, 6.45) is 7.60. The van der Waals surface area contributed by atoms with E-state index in [0.717, 1.165) is 18.3 Å². The first kappa shape index (κ1) is 22.9. The molecule has 0 saturated carbocycles. The van der Waals surface area contributed by atoms with Crippen LogP contribution in [0.2, 0.25) is 0 Å². The van der Waals surface area contributed by atoms with E-state index in [2.05, 4.69) is 140 Å². The van der Waals surface area contributed by atoms with Gasteiger partial charge in [0.05, 0.1) is 0 Å². The molecule has 0 aliphatic rings. The van der Waals surface area contributed by atoms with Gasteiger partial charge in [-0.3, -0.25) is 9.97 Å². The van der Waals surface area contributed by atoms with Crippen molar-refractivity contribution in [1.82, 2.24) is 9.97 Å². The van der Waals surface area contributed by atoms with E-state index in [1.165, 1.54) is 42.5 Å². The second kappa shape index (κ2) is 9.87. The Morgan fingerprint density at radius 1 is 0.429 bits per heavy atom. The van der Waals surface area contributed by atoms with Crippen LogP contribution >= 0.6 is 56.9 Å². The molecule has 0 amide bonds. The number of aromatic nitrogens is 2. The van der Waals surface area contributed by atoms with E-state index < -0.39 is 0 Å². The molecule has 0 atom stereocenters. The van der Waals surface area contributed by atoms with Crippen LogP contribution in [0.15, 0.2) is 120 Å². The van der Waals surface area contributed by atoms with Crippen molar-refractivity contribution in [3.05, 3.63) is 117 Å². The monoisotopic (exact) mass is 692 g/mol. The van der Waals surface area contributed by atoms with E-state index in [-0.39, 0.29) is 0 Å². The van der Waals surface area contributed by atoms with Crippen LogP contribution in [-0.4, -0.2) is 9.97 Å². The largest absolute Gasteiger partial charge is 0.263 e. The predicted molar refractivity (Wildman–Crippen MR) is 164 cm³/mol. The number of rotatable bonds is 4. The molecule has 0 saturated heterocycles. The van der Waals surface area contributed by atoms with Crippen molar-refractivity contribution < 1.29 is 0 Å². The van der Waals surface area contributed by atoms with Crippen molar-refractivity contribution in [2.75, 3.05) is 0 Å². The first-order valence-corrected chi connectivity index (χ1v) is 14.1. The molecule has 4 aromatic carbocycles. The molecular weight excluding hydrogens is 674 g/mol. The maximum Gasteiger partial charge on any atom is 0.0401 e. The minimum absolute atomic E-state index is 1.14. The molecule has 2 nitrogen and oxygen atoms in total. The minimum Gasteiger partial charge on any atom is -0.263 e. The molecule has 6 aromatic rings. The van der Waals surface area contributed by atoms with Crippen molar-refractivity contribution in [2.45, 2.75) is 9.79 Å². The van der Waals surface area contributed by atoms with Crippen molar-refractivity contribution in [3.8, 4) is 22.3 Å². The quantitative estimate of drug-likeness (QED) is 0.172. The van der Waals surface area contributed by atoms with E-state index in [1.54, 1.807) is 11.8 Å². The Hall–Kier alpha value is -2.49. The van der Waals surface area contributed by atoms with Crippen LogP contribution in [-0.2, 0) is 0 Å². The number of fused-ring (bicyclic) bond motifs is 2. The van der Waals surface area contributed by atoms with Crippen LogP contribution in [0.25, 0.3) is 43.8 Å². The SMILES string of the molecule is Ic1cncc(-c2ccc3cc(Sc4ccc5cc(-c6cncc(I)c6)ccc5c4)ccc3c2)c1. The summed E-state index contributed by atoms with van der Waals surface area (Å²) in [7, 11) is 0. The zero-order valence-electron chi connectivity index (χ0n) is 18.5. The van der Waals surface area contributed by atoms with Crippen LogP contribution in [0.4, 0.5) is 0 Å². The van der Waals surface area contributed by atoms with Crippen molar-refractivity contribution in [3.63, 3.8) is 0 Å². The number of hydrogen-bond acceptors (Lipinski definition) is 3. The third-order valence-electron chi connectivity index (χ3n) is 5.94. The lowest BCUT2D eigenvalue weighted by Crippen LogP contribution is -1.84. The molecule has 6 rings (SSSR count). The van der Waals surface area contributed by atoms with Crippen LogP contribution < -0.4 is 0 Å². The maximum absolute atomic E-state index is 4.33. The second-order valence-electron chi connectivity index (χ2n) is 8.33. The fourth-order valence-electron chi connectivity index (χ4n) is 4.21. The lowest BCUT2D eigenvalue weighted by molar-refractivity contribution is 1.31. The Bertz CT molecular complexity index is 1590. The minimum atomic E-state index is 1.14. The molecule has 5 heteroatoms. The van der Waals surface area contributed by atoms with Gasteiger partial charge >= 0.3 is 0 Å². The van der Waals surface area contributed by atoms with Gasteiger partial charge < -0.3 is 0 Å². The van der Waals surface area contributed by atoms with Gasteiger partial charge in [-0.15, -0.1) is 0 Å². The first-order valence-electron chi connectivity index (χ1n) is 11.1. The van der Waals surface area contributed by atoms with Crippen molar-refractivity contribution in [2.24, 2.45) is 0 Å². The average Bonchev–Trinajstić information content (AvgIpc) is 2.88. The molecule has 0 unspecified atom stereocenters. The number of benzene rings is 4. The molecule has 0 radical (unpaired) electrons. The summed E-state index contributed by atoms with van der Waals surface area (Å²) in [5.74, 6) is 0. The third kappa shape index (κ3) is 5.08. The van der Waals surface area contributed by atoms with E-state index >= 15 is 0 Å². The highest BCUT2D eigenvalue weighted by molar-refractivity contribution is 14.1. The highest BCUT2D eigenvalue weighted by Gasteiger charge is 2.06. The highest BCUT2D eigenvalue weighted by Crippen LogP contribution is 2.34. The zero-order chi connectivity index (χ0) is 23.8. The standard InChI is InChI=1S/C30H18I2N2S/c31-27-11-25(15-33-17-27)21-1-3-23-13-29(7-5-19(23)9-21)35-30-8-6-20-10-22(2-4-24(20)14-30)26-12-28(32)18-34-16-26/h1-18H. The van der Waals surface area contributed by atoms with Crippen LogP contribution in [0.3, 0.4) is 0 Å². The lowest BCUT2D eigenvalue weighted by Gasteiger charge is -2.09. The second-order valence-corrected chi connectivity index (χ2v) is 12.0. The van der Waals surface area contributed by atoms with E-state index in [9.17, 15) is 0 Å². The Labute approximate surface area is 235 Å². The molecule has 0 N–H and O–H groups in total. The summed E-state index contributed by atoms with van der Waals surface area (Å²) in [6, 6.07) is 31.0. The van der Waals surface area contributed by atoms with Gasteiger partial charge in [-0.05, 0) is 126 Å². The lowest BCUT2D eigenvalue weighted by atomic mass is 10.0. The van der Waals surface area contributed by atoms with Crippen LogP contribution in [0, 0.1) is 7.14 Å². The van der Waals surface area contributed by atoms with E-state index in [4.69, 9.17) is 0 Å². The van der Waals surface area contributed by atoms with E-state index in [1.807, 2.05) is 24.8 Å². The molecule has 168 valence electrons. The molecule has 0 fully saturated rings. The summed E-state index contributed by atoms with van der Waals surface area (Å²) < 4.78 is 2.29. The summed E-state index contributed by atoms with van der Waals surface area (Å²) in [4.78, 5) is 11.1. The van der Waals surface area contributed by atoms with Gasteiger partial charge in [0.25, 0.3) is 0 Å². The van der Waals surface area contributed by atoms with Gasteiger partial charge in [0.15, 0.2) is 0 Å². The van der Waals surface area contributed by atoms with Gasteiger partial charge in [0, 0.05) is 52.8 Å². The topological polar surface area (TPSA) is 25.8 Å².